The van der Waals surface area contributed by atoms with Crippen molar-refractivity contribution in [1.29, 1.82) is 0 Å². The minimum absolute atomic E-state index is 0.0178. The minimum Gasteiger partial charge on any atom is -0.346 e. The maximum absolute atomic E-state index is 12.8. The van der Waals surface area contributed by atoms with Gasteiger partial charge in [0.15, 0.2) is 0 Å². The molecule has 1 heterocycles. The fraction of sp³-hybridized carbons (Fsp3) is 0.367. The Morgan fingerprint density at radius 1 is 0.939 bits per heavy atom. The maximum Gasteiger partial charge on any atom is 0.251 e. The Balaban J connectivity index is 1.26. The number of nitrogens with zero attached hydrogens (tertiary/aromatic N) is 1. The molecule has 0 saturated carbocycles. The SMILES string of the molecule is Cc1ccc([C@H](C)NC(=O)c2ccc(CN3CCC(Cc4ccccc4)CC3)cc2)c(C)c1. The molecule has 0 radical (unpaired) electrons. The molecule has 0 aromatic heterocycles. The van der Waals surface area contributed by atoms with Crippen LogP contribution in [0.5, 0.6) is 0 Å². The number of hydrogen-bond acceptors (Lipinski definition) is 2. The first-order valence-electron chi connectivity index (χ1n) is 12.2. The van der Waals surface area contributed by atoms with Gasteiger partial charge in [0.25, 0.3) is 5.91 Å². The lowest BCUT2D eigenvalue weighted by atomic mass is 9.90. The molecule has 4 rings (SSSR count). The van der Waals surface area contributed by atoms with E-state index in [1.807, 2.05) is 19.1 Å². The zero-order valence-electron chi connectivity index (χ0n) is 20.2. The highest BCUT2D eigenvalue weighted by Crippen LogP contribution is 2.23. The van der Waals surface area contributed by atoms with E-state index in [0.29, 0.717) is 0 Å². The van der Waals surface area contributed by atoms with Crippen molar-refractivity contribution in [3.8, 4) is 0 Å². The summed E-state index contributed by atoms with van der Waals surface area (Å²) in [5.41, 5.74) is 7.07. The standard InChI is InChI=1S/C30H36N2O/c1-22-9-14-29(23(2)19-22)24(3)31-30(33)28-12-10-27(11-13-28)21-32-17-15-26(16-18-32)20-25-7-5-4-6-8-25/h4-14,19,24,26H,15-18,20-21H2,1-3H3,(H,31,33)/t24-/m0/s1. The summed E-state index contributed by atoms with van der Waals surface area (Å²) in [4.78, 5) is 15.3. The van der Waals surface area contributed by atoms with Crippen LogP contribution in [-0.4, -0.2) is 23.9 Å². The summed E-state index contributed by atoms with van der Waals surface area (Å²) in [6, 6.07) is 25.3. The molecule has 1 aliphatic heterocycles. The first kappa shape index (κ1) is 23.3. The number of benzene rings is 3. The predicted molar refractivity (Wildman–Crippen MR) is 136 cm³/mol. The van der Waals surface area contributed by atoms with E-state index in [0.717, 1.165) is 31.1 Å². The number of rotatable bonds is 7. The number of nitrogens with one attached hydrogen (secondary N) is 1. The van der Waals surface area contributed by atoms with Crippen molar-refractivity contribution in [1.82, 2.24) is 10.2 Å². The summed E-state index contributed by atoms with van der Waals surface area (Å²) >= 11 is 0. The van der Waals surface area contributed by atoms with Crippen LogP contribution < -0.4 is 5.32 Å². The van der Waals surface area contributed by atoms with Gasteiger partial charge in [0.2, 0.25) is 0 Å². The van der Waals surface area contributed by atoms with Gasteiger partial charge in [-0.2, -0.15) is 0 Å². The Bertz CT molecular complexity index is 1050. The summed E-state index contributed by atoms with van der Waals surface area (Å²) < 4.78 is 0. The monoisotopic (exact) mass is 440 g/mol. The van der Waals surface area contributed by atoms with E-state index in [-0.39, 0.29) is 11.9 Å². The van der Waals surface area contributed by atoms with Crippen LogP contribution in [-0.2, 0) is 13.0 Å². The minimum atomic E-state index is -0.0186. The molecule has 1 saturated heterocycles. The second kappa shape index (κ2) is 10.8. The fourth-order valence-corrected chi connectivity index (χ4v) is 4.99. The quantitative estimate of drug-likeness (QED) is 0.471. The van der Waals surface area contributed by atoms with Gasteiger partial charge >= 0.3 is 0 Å². The van der Waals surface area contributed by atoms with Gasteiger partial charge in [-0.05, 0) is 93.4 Å². The maximum atomic E-state index is 12.8. The number of hydrogen-bond donors (Lipinski definition) is 1. The van der Waals surface area contributed by atoms with Crippen LogP contribution in [0.15, 0.2) is 72.8 Å². The average Bonchev–Trinajstić information content (AvgIpc) is 2.81. The predicted octanol–water partition coefficient (Wildman–Crippen LogP) is 6.25. The van der Waals surface area contributed by atoms with Crippen LogP contribution in [0.3, 0.4) is 0 Å². The molecular formula is C30H36N2O. The second-order valence-electron chi connectivity index (χ2n) is 9.66. The second-order valence-corrected chi connectivity index (χ2v) is 9.66. The highest BCUT2D eigenvalue weighted by molar-refractivity contribution is 5.94. The Kier molecular flexibility index (Phi) is 7.61. The number of carbonyl (C=O) groups is 1. The van der Waals surface area contributed by atoms with Gasteiger partial charge < -0.3 is 5.32 Å². The van der Waals surface area contributed by atoms with Crippen molar-refractivity contribution >= 4 is 5.91 Å². The van der Waals surface area contributed by atoms with E-state index in [2.05, 4.69) is 84.7 Å². The van der Waals surface area contributed by atoms with Crippen molar-refractivity contribution in [2.75, 3.05) is 13.1 Å². The van der Waals surface area contributed by atoms with Crippen molar-refractivity contribution in [2.45, 2.75) is 52.6 Å². The molecule has 33 heavy (non-hydrogen) atoms. The molecular weight excluding hydrogens is 404 g/mol. The average molecular weight is 441 g/mol. The van der Waals surface area contributed by atoms with E-state index in [1.54, 1.807) is 0 Å². The van der Waals surface area contributed by atoms with Crippen LogP contribution >= 0.6 is 0 Å². The summed E-state index contributed by atoms with van der Waals surface area (Å²) in [5.74, 6) is 0.768. The third-order valence-corrected chi connectivity index (χ3v) is 6.94. The molecule has 3 aromatic carbocycles. The van der Waals surface area contributed by atoms with Crippen molar-refractivity contribution in [3.63, 3.8) is 0 Å². The first-order valence-corrected chi connectivity index (χ1v) is 12.2. The van der Waals surface area contributed by atoms with Crippen LogP contribution in [0, 0.1) is 19.8 Å². The van der Waals surface area contributed by atoms with E-state index < -0.39 is 0 Å². The highest BCUT2D eigenvalue weighted by Gasteiger charge is 2.20. The van der Waals surface area contributed by atoms with E-state index in [1.165, 1.54) is 47.1 Å². The lowest BCUT2D eigenvalue weighted by molar-refractivity contribution is 0.0940. The molecule has 1 amide bonds. The largest absolute Gasteiger partial charge is 0.346 e. The normalized spacial score (nSPS) is 15.8. The van der Waals surface area contributed by atoms with Gasteiger partial charge in [0.1, 0.15) is 0 Å². The van der Waals surface area contributed by atoms with Crippen LogP contribution in [0.1, 0.15) is 64.0 Å². The van der Waals surface area contributed by atoms with Gasteiger partial charge in [0, 0.05) is 12.1 Å². The number of amides is 1. The molecule has 0 aliphatic carbocycles. The summed E-state index contributed by atoms with van der Waals surface area (Å²) in [6.45, 7) is 9.49. The third kappa shape index (κ3) is 6.33. The Morgan fingerprint density at radius 3 is 2.30 bits per heavy atom. The van der Waals surface area contributed by atoms with E-state index >= 15 is 0 Å². The third-order valence-electron chi connectivity index (χ3n) is 6.94. The molecule has 1 atom stereocenters. The molecule has 0 bridgehead atoms. The van der Waals surface area contributed by atoms with Gasteiger partial charge in [-0.1, -0.05) is 66.2 Å². The Labute approximate surface area is 198 Å². The highest BCUT2D eigenvalue weighted by atomic mass is 16.1. The number of likely N-dealkylation sites (tertiary alicyclic amines) is 1. The number of piperidine rings is 1. The first-order chi connectivity index (χ1) is 16.0. The van der Waals surface area contributed by atoms with Crippen LogP contribution in [0.4, 0.5) is 0 Å². The van der Waals surface area contributed by atoms with Gasteiger partial charge in [-0.15, -0.1) is 0 Å². The molecule has 3 aromatic rings. The Hall–Kier alpha value is -2.91. The van der Waals surface area contributed by atoms with E-state index in [9.17, 15) is 4.79 Å². The van der Waals surface area contributed by atoms with Crippen molar-refractivity contribution in [3.05, 3.63) is 106 Å². The molecule has 0 spiro atoms. The zero-order chi connectivity index (χ0) is 23.2. The zero-order valence-corrected chi connectivity index (χ0v) is 20.2. The van der Waals surface area contributed by atoms with Gasteiger partial charge in [-0.3, -0.25) is 9.69 Å². The topological polar surface area (TPSA) is 32.3 Å². The van der Waals surface area contributed by atoms with Gasteiger partial charge in [-0.25, -0.2) is 0 Å². The van der Waals surface area contributed by atoms with E-state index in [4.69, 9.17) is 0 Å². The summed E-state index contributed by atoms with van der Waals surface area (Å²) in [5, 5.41) is 3.15. The molecule has 3 nitrogen and oxygen atoms in total. The summed E-state index contributed by atoms with van der Waals surface area (Å²) in [7, 11) is 0. The fourth-order valence-electron chi connectivity index (χ4n) is 4.99. The lowest BCUT2D eigenvalue weighted by Crippen LogP contribution is -2.33. The van der Waals surface area contributed by atoms with Gasteiger partial charge in [0.05, 0.1) is 6.04 Å². The molecule has 3 heteroatoms. The molecule has 1 N–H and O–H groups in total. The van der Waals surface area contributed by atoms with Crippen LogP contribution in [0.25, 0.3) is 0 Å². The van der Waals surface area contributed by atoms with Crippen molar-refractivity contribution < 1.29 is 4.79 Å². The Morgan fingerprint density at radius 2 is 1.64 bits per heavy atom. The van der Waals surface area contributed by atoms with Crippen LogP contribution in [0.2, 0.25) is 0 Å². The van der Waals surface area contributed by atoms with Crippen molar-refractivity contribution in [2.24, 2.45) is 5.92 Å². The number of carbonyl (C=O) groups excluding carboxylic acids is 1. The molecule has 1 fully saturated rings. The summed E-state index contributed by atoms with van der Waals surface area (Å²) in [6.07, 6.45) is 3.70. The molecule has 172 valence electrons. The molecule has 1 aliphatic rings. The lowest BCUT2D eigenvalue weighted by Gasteiger charge is -2.32. The number of aryl methyl sites for hydroxylation is 2. The molecule has 0 unspecified atom stereocenters. The smallest absolute Gasteiger partial charge is 0.251 e.